The normalized spacial score (nSPS) is 25.6. The number of nitrogens with zero attached hydrogens (tertiary/aromatic N) is 1. The Balaban J connectivity index is 1.48. The summed E-state index contributed by atoms with van der Waals surface area (Å²) in [5.74, 6) is 1.89. The molecule has 0 spiro atoms. The van der Waals surface area contributed by atoms with E-state index in [2.05, 4.69) is 49.0 Å². The first-order valence-electron chi connectivity index (χ1n) is 14.9. The first-order valence-corrected chi connectivity index (χ1v) is 14.9. The SMILES string of the molecule is C=CC1(F)CCC(CCC2C=C(c3ccc(C=O)cc3)C3=C(C=C(c4c(C)noc4C)C=C(C)CC3)CC2)CC1. The first kappa shape index (κ1) is 28.3. The fraction of sp³-hybridized carbons (Fsp3) is 0.444. The van der Waals surface area contributed by atoms with E-state index in [1.165, 1.54) is 39.5 Å². The molecule has 1 fully saturated rings. The summed E-state index contributed by atoms with van der Waals surface area (Å²) >= 11 is 0. The summed E-state index contributed by atoms with van der Waals surface area (Å²) in [5, 5.41) is 4.24. The van der Waals surface area contributed by atoms with Gasteiger partial charge in [0.2, 0.25) is 0 Å². The van der Waals surface area contributed by atoms with Crippen LogP contribution in [0.4, 0.5) is 4.39 Å². The highest BCUT2D eigenvalue weighted by Gasteiger charge is 2.32. The van der Waals surface area contributed by atoms with Crippen LogP contribution in [0.25, 0.3) is 11.1 Å². The van der Waals surface area contributed by atoms with Crippen molar-refractivity contribution in [1.29, 1.82) is 0 Å². The molecule has 1 atom stereocenters. The Labute approximate surface area is 238 Å². The average molecular weight is 540 g/mol. The largest absolute Gasteiger partial charge is 0.361 e. The van der Waals surface area contributed by atoms with Crippen LogP contribution in [0, 0.1) is 25.7 Å². The monoisotopic (exact) mass is 539 g/mol. The Morgan fingerprint density at radius 3 is 2.42 bits per heavy atom. The predicted octanol–water partition coefficient (Wildman–Crippen LogP) is 9.88. The van der Waals surface area contributed by atoms with Gasteiger partial charge in [-0.3, -0.25) is 4.79 Å². The number of allylic oxidation sites excluding steroid dienone is 9. The first-order chi connectivity index (χ1) is 19.3. The number of hydrogen-bond acceptors (Lipinski definition) is 3. The summed E-state index contributed by atoms with van der Waals surface area (Å²) in [7, 11) is 0. The van der Waals surface area contributed by atoms with Crippen molar-refractivity contribution >= 4 is 17.4 Å². The van der Waals surface area contributed by atoms with Crippen LogP contribution in [0.15, 0.2) is 76.4 Å². The summed E-state index contributed by atoms with van der Waals surface area (Å²) in [6.07, 6.45) is 19.0. The van der Waals surface area contributed by atoms with Crippen molar-refractivity contribution in [3.8, 4) is 0 Å². The molecule has 4 heteroatoms. The van der Waals surface area contributed by atoms with Crippen LogP contribution in [0.1, 0.15) is 104 Å². The smallest absolute Gasteiger partial charge is 0.150 e. The minimum absolute atomic E-state index is 0.454. The molecule has 1 unspecified atom stereocenters. The Bertz CT molecular complexity index is 1360. The highest BCUT2D eigenvalue weighted by molar-refractivity contribution is 5.86. The van der Waals surface area contributed by atoms with E-state index in [1.807, 2.05) is 26.0 Å². The van der Waals surface area contributed by atoms with Crippen LogP contribution in [0.3, 0.4) is 0 Å². The zero-order valence-corrected chi connectivity index (χ0v) is 24.3. The van der Waals surface area contributed by atoms with Crippen molar-refractivity contribution in [1.82, 2.24) is 5.16 Å². The molecular formula is C36H42FNO2. The molecule has 1 heterocycles. The molecule has 0 amide bonds. The van der Waals surface area contributed by atoms with Crippen molar-refractivity contribution in [2.45, 2.75) is 90.6 Å². The van der Waals surface area contributed by atoms with Crippen LogP contribution >= 0.6 is 0 Å². The van der Waals surface area contributed by atoms with Crippen molar-refractivity contribution in [3.05, 3.63) is 100 Å². The lowest BCUT2D eigenvalue weighted by Crippen LogP contribution is -2.27. The highest BCUT2D eigenvalue weighted by Crippen LogP contribution is 2.43. The van der Waals surface area contributed by atoms with Gasteiger partial charge in [0.05, 0.1) is 5.69 Å². The molecule has 1 aromatic heterocycles. The molecule has 3 aliphatic carbocycles. The fourth-order valence-corrected chi connectivity index (χ4v) is 6.81. The lowest BCUT2D eigenvalue weighted by Gasteiger charge is -2.32. The molecule has 0 N–H and O–H groups in total. The van der Waals surface area contributed by atoms with Crippen LogP contribution in [0.2, 0.25) is 0 Å². The number of benzene rings is 1. The molecule has 1 aromatic carbocycles. The third-order valence-electron chi connectivity index (χ3n) is 9.33. The highest BCUT2D eigenvalue weighted by atomic mass is 19.1. The number of carbonyl (C=O) groups is 1. The van der Waals surface area contributed by atoms with Gasteiger partial charge in [-0.25, -0.2) is 4.39 Å². The van der Waals surface area contributed by atoms with E-state index in [-0.39, 0.29) is 0 Å². The van der Waals surface area contributed by atoms with Gasteiger partial charge in [0.25, 0.3) is 0 Å². The van der Waals surface area contributed by atoms with E-state index in [0.717, 1.165) is 74.7 Å². The van der Waals surface area contributed by atoms with E-state index < -0.39 is 5.67 Å². The fourth-order valence-electron chi connectivity index (χ4n) is 6.81. The van der Waals surface area contributed by atoms with Crippen molar-refractivity contribution < 1.29 is 13.7 Å². The summed E-state index contributed by atoms with van der Waals surface area (Å²) < 4.78 is 20.2. The van der Waals surface area contributed by atoms with E-state index in [4.69, 9.17) is 4.52 Å². The topological polar surface area (TPSA) is 43.1 Å². The maximum absolute atomic E-state index is 14.7. The zero-order valence-electron chi connectivity index (χ0n) is 24.3. The molecule has 5 rings (SSSR count). The Morgan fingerprint density at radius 1 is 1.02 bits per heavy atom. The van der Waals surface area contributed by atoms with E-state index in [9.17, 15) is 9.18 Å². The maximum atomic E-state index is 14.7. The van der Waals surface area contributed by atoms with Crippen LogP contribution in [-0.4, -0.2) is 17.1 Å². The second-order valence-corrected chi connectivity index (χ2v) is 12.2. The molecule has 1 saturated carbocycles. The minimum atomic E-state index is -1.17. The lowest BCUT2D eigenvalue weighted by atomic mass is 9.77. The van der Waals surface area contributed by atoms with Gasteiger partial charge in [0.15, 0.2) is 0 Å². The van der Waals surface area contributed by atoms with Gasteiger partial charge in [0, 0.05) is 11.1 Å². The minimum Gasteiger partial charge on any atom is -0.361 e. The maximum Gasteiger partial charge on any atom is 0.150 e. The summed E-state index contributed by atoms with van der Waals surface area (Å²) in [6.45, 7) is 9.93. The number of rotatable bonds is 7. The molecule has 0 bridgehead atoms. The van der Waals surface area contributed by atoms with Crippen LogP contribution in [0.5, 0.6) is 0 Å². The van der Waals surface area contributed by atoms with Crippen molar-refractivity contribution in [3.63, 3.8) is 0 Å². The number of halogens is 1. The summed E-state index contributed by atoms with van der Waals surface area (Å²) in [5.41, 5.74) is 9.32. The quantitative estimate of drug-likeness (QED) is 0.260. The molecule has 0 saturated heterocycles. The molecular weight excluding hydrogens is 497 g/mol. The number of carbonyl (C=O) groups excluding carboxylic acids is 1. The Hall–Kier alpha value is -3.27. The molecule has 0 radical (unpaired) electrons. The van der Waals surface area contributed by atoms with Gasteiger partial charge in [-0.2, -0.15) is 0 Å². The molecule has 40 heavy (non-hydrogen) atoms. The molecule has 210 valence electrons. The van der Waals surface area contributed by atoms with Gasteiger partial charge < -0.3 is 4.52 Å². The second kappa shape index (κ2) is 12.1. The third kappa shape index (κ3) is 6.22. The predicted molar refractivity (Wildman–Crippen MR) is 162 cm³/mol. The van der Waals surface area contributed by atoms with Crippen LogP contribution in [-0.2, 0) is 0 Å². The third-order valence-corrected chi connectivity index (χ3v) is 9.33. The van der Waals surface area contributed by atoms with Crippen molar-refractivity contribution in [2.75, 3.05) is 0 Å². The number of hydrogen-bond donors (Lipinski definition) is 0. The number of aldehydes is 1. The van der Waals surface area contributed by atoms with Crippen molar-refractivity contribution in [2.24, 2.45) is 11.8 Å². The number of aromatic nitrogens is 1. The lowest BCUT2D eigenvalue weighted by molar-refractivity contribution is 0.112. The van der Waals surface area contributed by atoms with Gasteiger partial charge in [0.1, 0.15) is 17.7 Å². The molecule has 2 aromatic rings. The zero-order chi connectivity index (χ0) is 28.3. The summed E-state index contributed by atoms with van der Waals surface area (Å²) in [4.78, 5) is 11.4. The standard InChI is InChI=1S/C36H42FNO2/c1-5-36(37)18-16-27(17-19-36)7-8-28-9-14-31-22-32(35-25(3)38-40-26(35)4)20-24(2)6-15-33(31)34(21-28)30-12-10-29(23-39)11-13-30/h5,10-13,20-23,27-28H,1,6-9,14-19H2,2-4H3. The van der Waals surface area contributed by atoms with Crippen LogP contribution < -0.4 is 0 Å². The van der Waals surface area contributed by atoms with Gasteiger partial charge in [-0.05, 0) is 125 Å². The Morgan fingerprint density at radius 2 is 1.77 bits per heavy atom. The average Bonchev–Trinajstić information content (AvgIpc) is 3.19. The number of aryl methyl sites for hydroxylation is 2. The van der Waals surface area contributed by atoms with E-state index in [0.29, 0.717) is 30.2 Å². The molecule has 0 aliphatic heterocycles. The Kier molecular flexibility index (Phi) is 8.54. The number of alkyl halides is 1. The second-order valence-electron chi connectivity index (χ2n) is 12.2. The molecule has 3 nitrogen and oxygen atoms in total. The van der Waals surface area contributed by atoms with Gasteiger partial charge in [-0.1, -0.05) is 65.9 Å². The van der Waals surface area contributed by atoms with E-state index in [1.54, 1.807) is 0 Å². The van der Waals surface area contributed by atoms with Gasteiger partial charge >= 0.3 is 0 Å². The van der Waals surface area contributed by atoms with E-state index >= 15 is 0 Å². The summed E-state index contributed by atoms with van der Waals surface area (Å²) in [6, 6.07) is 8.04. The van der Waals surface area contributed by atoms with Gasteiger partial charge in [-0.15, -0.1) is 0 Å². The molecule has 3 aliphatic rings.